The van der Waals surface area contributed by atoms with Gasteiger partial charge in [-0.3, -0.25) is 20.2 Å². The zero-order valence-electron chi connectivity index (χ0n) is 19.1. The second-order valence-electron chi connectivity index (χ2n) is 7.60. The van der Waals surface area contributed by atoms with Crippen molar-refractivity contribution < 1.29 is 19.3 Å². The fourth-order valence-corrected chi connectivity index (χ4v) is 3.73. The fourth-order valence-electron chi connectivity index (χ4n) is 3.73. The van der Waals surface area contributed by atoms with Crippen molar-refractivity contribution in [3.8, 4) is 23.3 Å². The lowest BCUT2D eigenvalue weighted by Crippen LogP contribution is -1.99. The van der Waals surface area contributed by atoms with E-state index in [4.69, 9.17) is 9.47 Å². The Morgan fingerprint density at radius 2 is 1.67 bits per heavy atom. The van der Waals surface area contributed by atoms with Gasteiger partial charge < -0.3 is 9.47 Å². The molecule has 0 aliphatic rings. The number of hydrogen-bond acceptors (Lipinski definition) is 7. The molecule has 0 atom stereocenters. The number of hydrogen-bond donors (Lipinski definition) is 0. The van der Waals surface area contributed by atoms with Crippen molar-refractivity contribution in [3.05, 3.63) is 110 Å². The van der Waals surface area contributed by atoms with Crippen LogP contribution < -0.4 is 9.47 Å². The van der Waals surface area contributed by atoms with Crippen molar-refractivity contribution in [3.63, 3.8) is 0 Å². The number of nitro groups is 2. The summed E-state index contributed by atoms with van der Waals surface area (Å²) < 4.78 is 11.4. The van der Waals surface area contributed by atoms with Gasteiger partial charge in [0.05, 0.1) is 34.2 Å². The molecule has 178 valence electrons. The maximum atomic E-state index is 11.5. The highest BCUT2D eigenvalue weighted by molar-refractivity contribution is 6.01. The second-order valence-corrected chi connectivity index (χ2v) is 7.60. The van der Waals surface area contributed by atoms with E-state index in [0.717, 1.165) is 28.5 Å². The predicted octanol–water partition coefficient (Wildman–Crippen LogP) is 6.91. The van der Waals surface area contributed by atoms with Crippen molar-refractivity contribution in [1.82, 2.24) is 0 Å². The van der Waals surface area contributed by atoms with E-state index in [1.54, 1.807) is 31.2 Å². The third-order valence-electron chi connectivity index (χ3n) is 5.35. The van der Waals surface area contributed by atoms with Gasteiger partial charge in [-0.15, -0.1) is 0 Å². The zero-order chi connectivity index (χ0) is 25.7. The Morgan fingerprint density at radius 1 is 0.917 bits per heavy atom. The normalized spacial score (nSPS) is 11.1. The molecule has 0 saturated carbocycles. The first kappa shape index (κ1) is 23.9. The molecule has 0 amide bonds. The highest BCUT2D eigenvalue weighted by Gasteiger charge is 2.22. The van der Waals surface area contributed by atoms with Gasteiger partial charge >= 0.3 is 5.69 Å². The van der Waals surface area contributed by atoms with Crippen LogP contribution in [0.15, 0.2) is 78.9 Å². The van der Waals surface area contributed by atoms with Crippen LogP contribution in [0, 0.1) is 31.6 Å². The lowest BCUT2D eigenvalue weighted by atomic mass is 9.97. The van der Waals surface area contributed by atoms with E-state index < -0.39 is 21.2 Å². The van der Waals surface area contributed by atoms with Crippen molar-refractivity contribution >= 4 is 33.8 Å². The van der Waals surface area contributed by atoms with Crippen LogP contribution in [0.25, 0.3) is 22.4 Å². The minimum atomic E-state index is -0.747. The van der Waals surface area contributed by atoms with Crippen LogP contribution in [-0.2, 0) is 0 Å². The summed E-state index contributed by atoms with van der Waals surface area (Å²) in [5.41, 5.74) is 0.938. The van der Waals surface area contributed by atoms with Gasteiger partial charge in [0.1, 0.15) is 0 Å². The Morgan fingerprint density at radius 3 is 2.39 bits per heavy atom. The zero-order valence-corrected chi connectivity index (χ0v) is 19.1. The van der Waals surface area contributed by atoms with Crippen LogP contribution in [0.5, 0.6) is 17.2 Å². The number of non-ortho nitro benzene ring substituents is 1. The summed E-state index contributed by atoms with van der Waals surface area (Å²) in [7, 11) is 0. The predicted molar refractivity (Wildman–Crippen MR) is 135 cm³/mol. The molecule has 9 heteroatoms. The van der Waals surface area contributed by atoms with Gasteiger partial charge in [0.25, 0.3) is 5.69 Å². The number of allylic oxidation sites excluding steroid dienone is 1. The molecule has 4 aromatic rings. The van der Waals surface area contributed by atoms with Crippen molar-refractivity contribution in [1.29, 1.82) is 5.26 Å². The lowest BCUT2D eigenvalue weighted by molar-refractivity contribution is -0.394. The van der Waals surface area contributed by atoms with Crippen molar-refractivity contribution in [2.24, 2.45) is 0 Å². The monoisotopic (exact) mass is 481 g/mol. The van der Waals surface area contributed by atoms with Crippen LogP contribution in [0.2, 0.25) is 0 Å². The Hall–Kier alpha value is -5.23. The number of nitrogens with zero attached hydrogens (tertiary/aromatic N) is 3. The van der Waals surface area contributed by atoms with Gasteiger partial charge in [0.2, 0.25) is 5.75 Å². The SMILES string of the molecule is CCOc1cc(/C=C(/C#N)c2cccc3ccccc23)ccc1Oc1ccc([N+](=O)[O-])cc1[N+](=O)[O-]. The molecule has 36 heavy (non-hydrogen) atoms. The minimum absolute atomic E-state index is 0.164. The topological polar surface area (TPSA) is 129 Å². The van der Waals surface area contributed by atoms with Gasteiger partial charge in [-0.2, -0.15) is 5.26 Å². The molecule has 0 N–H and O–H groups in total. The molecule has 0 radical (unpaired) electrons. The van der Waals surface area contributed by atoms with Crippen LogP contribution >= 0.6 is 0 Å². The summed E-state index contributed by atoms with van der Waals surface area (Å²) in [6, 6.07) is 23.9. The van der Waals surface area contributed by atoms with Gasteiger partial charge in [-0.1, -0.05) is 48.5 Å². The van der Waals surface area contributed by atoms with Gasteiger partial charge in [0, 0.05) is 11.6 Å². The first-order chi connectivity index (χ1) is 17.4. The minimum Gasteiger partial charge on any atom is -0.490 e. The van der Waals surface area contributed by atoms with E-state index in [1.807, 2.05) is 42.5 Å². The molecule has 4 rings (SSSR count). The van der Waals surface area contributed by atoms with Crippen molar-refractivity contribution in [2.75, 3.05) is 6.61 Å². The van der Waals surface area contributed by atoms with Gasteiger partial charge in [-0.05, 0) is 47.5 Å². The first-order valence-corrected chi connectivity index (χ1v) is 10.9. The number of nitriles is 1. The number of nitro benzene ring substituents is 2. The maximum Gasteiger partial charge on any atom is 0.318 e. The third-order valence-corrected chi connectivity index (χ3v) is 5.35. The van der Waals surface area contributed by atoms with Gasteiger partial charge in [-0.25, -0.2) is 0 Å². The molecule has 0 fully saturated rings. The summed E-state index contributed by atoms with van der Waals surface area (Å²) >= 11 is 0. The third kappa shape index (κ3) is 4.98. The second kappa shape index (κ2) is 10.4. The molecule has 0 heterocycles. The van der Waals surface area contributed by atoms with E-state index in [1.165, 1.54) is 6.07 Å². The number of rotatable bonds is 8. The number of ether oxygens (including phenoxy) is 2. The molecule has 0 bridgehead atoms. The van der Waals surface area contributed by atoms with Crippen LogP contribution in [0.4, 0.5) is 11.4 Å². The summed E-state index contributed by atoms with van der Waals surface area (Å²) in [6.45, 7) is 2.07. The molecule has 0 aromatic heterocycles. The smallest absolute Gasteiger partial charge is 0.318 e. The Balaban J connectivity index is 1.73. The standard InChI is InChI=1S/C27H19N3O6/c1-2-35-27-15-18(14-20(17-28)23-9-5-7-19-6-3-4-8-22(19)23)10-12-26(27)36-25-13-11-21(29(31)32)16-24(25)30(33)34/h3-16H,2H2,1H3/b20-14-. The molecular weight excluding hydrogens is 462 g/mol. The van der Waals surface area contributed by atoms with Crippen LogP contribution in [0.1, 0.15) is 18.1 Å². The summed E-state index contributed by atoms with van der Waals surface area (Å²) in [6.07, 6.45) is 1.72. The molecule has 9 nitrogen and oxygen atoms in total. The molecule has 0 aliphatic carbocycles. The average Bonchev–Trinajstić information content (AvgIpc) is 2.88. The van der Waals surface area contributed by atoms with E-state index in [-0.39, 0.29) is 11.5 Å². The van der Waals surface area contributed by atoms with Gasteiger partial charge in [0.15, 0.2) is 11.5 Å². The molecular formula is C27H19N3O6. The Bertz CT molecular complexity index is 1550. The fraction of sp³-hybridized carbons (Fsp3) is 0.0741. The lowest BCUT2D eigenvalue weighted by Gasteiger charge is -2.13. The molecule has 0 saturated heterocycles. The van der Waals surface area contributed by atoms with E-state index in [0.29, 0.717) is 23.5 Å². The molecule has 0 aliphatic heterocycles. The number of fused-ring (bicyclic) bond motifs is 1. The maximum absolute atomic E-state index is 11.5. The Labute approximate surface area is 205 Å². The quantitative estimate of drug-likeness (QED) is 0.116. The summed E-state index contributed by atoms with van der Waals surface area (Å²) in [5, 5.41) is 34.3. The van der Waals surface area contributed by atoms with Crippen molar-refractivity contribution in [2.45, 2.75) is 6.92 Å². The summed E-state index contributed by atoms with van der Waals surface area (Å²) in [5.74, 6) is 0.326. The Kier molecular flexibility index (Phi) is 6.88. The largest absolute Gasteiger partial charge is 0.490 e. The highest BCUT2D eigenvalue weighted by atomic mass is 16.6. The van der Waals surface area contributed by atoms with Crippen LogP contribution in [0.3, 0.4) is 0 Å². The number of benzene rings is 4. The summed E-state index contributed by atoms with van der Waals surface area (Å²) in [4.78, 5) is 21.0. The molecule has 4 aromatic carbocycles. The first-order valence-electron chi connectivity index (χ1n) is 10.9. The highest BCUT2D eigenvalue weighted by Crippen LogP contribution is 2.39. The van der Waals surface area contributed by atoms with E-state index >= 15 is 0 Å². The molecule has 0 spiro atoms. The van der Waals surface area contributed by atoms with E-state index in [2.05, 4.69) is 6.07 Å². The molecule has 0 unspecified atom stereocenters. The van der Waals surface area contributed by atoms with Crippen LogP contribution in [-0.4, -0.2) is 16.5 Å². The van der Waals surface area contributed by atoms with E-state index in [9.17, 15) is 25.5 Å². The average molecular weight is 481 g/mol.